The van der Waals surface area contributed by atoms with Crippen LogP contribution in [0.1, 0.15) is 12.8 Å². The third-order valence-electron chi connectivity index (χ3n) is 2.85. The monoisotopic (exact) mass is 383 g/mol. The molecule has 0 saturated heterocycles. The Morgan fingerprint density at radius 2 is 1.36 bits per heavy atom. The molecule has 0 radical (unpaired) electrons. The highest BCUT2D eigenvalue weighted by Gasteiger charge is 1.99. The second kappa shape index (κ2) is 19.6. The standard InChI is InChI=1S/C16H30ClNO7/c1-21-14-16(20)18-4-6-23-8-10-25-12-11-24-9-7-22-5-2-3-15(19)13-17/h2-14H2,1H3,(H,18,20). The molecule has 0 aliphatic heterocycles. The van der Waals surface area contributed by atoms with Gasteiger partial charge >= 0.3 is 0 Å². The molecule has 25 heavy (non-hydrogen) atoms. The van der Waals surface area contributed by atoms with Gasteiger partial charge in [0.05, 0.1) is 52.1 Å². The number of alkyl halides is 1. The molecule has 0 unspecified atom stereocenters. The molecule has 0 aliphatic carbocycles. The van der Waals surface area contributed by atoms with Crippen molar-refractivity contribution in [3.63, 3.8) is 0 Å². The van der Waals surface area contributed by atoms with Crippen molar-refractivity contribution in [1.82, 2.24) is 5.32 Å². The first kappa shape index (κ1) is 24.2. The molecule has 0 aliphatic rings. The maximum absolute atomic E-state index is 11.1. The Morgan fingerprint density at radius 3 is 1.88 bits per heavy atom. The van der Waals surface area contributed by atoms with Crippen LogP contribution < -0.4 is 5.32 Å². The zero-order chi connectivity index (χ0) is 18.6. The van der Waals surface area contributed by atoms with Crippen LogP contribution in [0.25, 0.3) is 0 Å². The van der Waals surface area contributed by atoms with Gasteiger partial charge in [-0.05, 0) is 6.42 Å². The molecule has 0 bridgehead atoms. The highest BCUT2D eigenvalue weighted by molar-refractivity contribution is 6.27. The molecule has 1 N–H and O–H groups in total. The largest absolute Gasteiger partial charge is 0.379 e. The topological polar surface area (TPSA) is 92.3 Å². The normalized spacial score (nSPS) is 10.8. The van der Waals surface area contributed by atoms with Gasteiger partial charge in [0.15, 0.2) is 0 Å². The molecule has 148 valence electrons. The van der Waals surface area contributed by atoms with E-state index in [9.17, 15) is 9.59 Å². The van der Waals surface area contributed by atoms with Crippen molar-refractivity contribution in [3.8, 4) is 0 Å². The number of amides is 1. The van der Waals surface area contributed by atoms with Gasteiger partial charge < -0.3 is 29.0 Å². The van der Waals surface area contributed by atoms with Gasteiger partial charge in [0.25, 0.3) is 0 Å². The molecule has 0 aromatic heterocycles. The molecule has 0 heterocycles. The van der Waals surface area contributed by atoms with Crippen molar-refractivity contribution in [2.75, 3.05) is 79.0 Å². The number of halogens is 1. The lowest BCUT2D eigenvalue weighted by molar-refractivity contribution is -0.125. The lowest BCUT2D eigenvalue weighted by Crippen LogP contribution is -2.30. The van der Waals surface area contributed by atoms with Crippen LogP contribution in [0.2, 0.25) is 0 Å². The van der Waals surface area contributed by atoms with Gasteiger partial charge in [-0.1, -0.05) is 0 Å². The summed E-state index contributed by atoms with van der Waals surface area (Å²) in [6, 6.07) is 0. The maximum atomic E-state index is 11.1. The molecule has 0 rings (SSSR count). The van der Waals surface area contributed by atoms with Crippen LogP contribution in [0, 0.1) is 0 Å². The van der Waals surface area contributed by atoms with Gasteiger partial charge in [0, 0.05) is 26.7 Å². The van der Waals surface area contributed by atoms with E-state index in [2.05, 4.69) is 10.1 Å². The van der Waals surface area contributed by atoms with E-state index in [1.807, 2.05) is 0 Å². The van der Waals surface area contributed by atoms with E-state index in [1.165, 1.54) is 7.11 Å². The zero-order valence-electron chi connectivity index (χ0n) is 14.9. The number of methoxy groups -OCH3 is 1. The third-order valence-corrected chi connectivity index (χ3v) is 3.15. The van der Waals surface area contributed by atoms with E-state index in [0.717, 1.165) is 0 Å². The maximum Gasteiger partial charge on any atom is 0.246 e. The first-order chi connectivity index (χ1) is 12.2. The van der Waals surface area contributed by atoms with Crippen molar-refractivity contribution in [1.29, 1.82) is 0 Å². The predicted molar refractivity (Wildman–Crippen MR) is 93.1 cm³/mol. The van der Waals surface area contributed by atoms with E-state index < -0.39 is 0 Å². The van der Waals surface area contributed by atoms with Crippen molar-refractivity contribution in [2.45, 2.75) is 12.8 Å². The van der Waals surface area contributed by atoms with E-state index >= 15 is 0 Å². The lowest BCUT2D eigenvalue weighted by atomic mass is 10.2. The number of carbonyl (C=O) groups is 2. The number of nitrogens with one attached hydrogen (secondary N) is 1. The second-order valence-electron chi connectivity index (χ2n) is 5.01. The molecule has 0 aromatic carbocycles. The van der Waals surface area contributed by atoms with Gasteiger partial charge in [-0.2, -0.15) is 0 Å². The Morgan fingerprint density at radius 1 is 0.840 bits per heavy atom. The van der Waals surface area contributed by atoms with E-state index in [1.54, 1.807) is 0 Å². The van der Waals surface area contributed by atoms with E-state index in [0.29, 0.717) is 72.2 Å². The van der Waals surface area contributed by atoms with Crippen LogP contribution in [0.5, 0.6) is 0 Å². The number of Topliss-reactive ketones (excluding diaryl/α,β-unsaturated/α-hetero) is 1. The molecular formula is C16H30ClNO7. The molecule has 0 spiro atoms. The summed E-state index contributed by atoms with van der Waals surface area (Å²) in [4.78, 5) is 22.0. The van der Waals surface area contributed by atoms with Gasteiger partial charge in [0.2, 0.25) is 5.91 Å². The fourth-order valence-electron chi connectivity index (χ4n) is 1.64. The van der Waals surface area contributed by atoms with Crippen LogP contribution >= 0.6 is 11.6 Å². The summed E-state index contributed by atoms with van der Waals surface area (Å²) in [5, 5.41) is 2.65. The average molecular weight is 384 g/mol. The summed E-state index contributed by atoms with van der Waals surface area (Å²) in [6.07, 6.45) is 1.14. The minimum Gasteiger partial charge on any atom is -0.379 e. The summed E-state index contributed by atoms with van der Waals surface area (Å²) < 4.78 is 26.0. The van der Waals surface area contributed by atoms with Crippen molar-refractivity contribution >= 4 is 23.3 Å². The summed E-state index contributed by atoms with van der Waals surface area (Å²) in [7, 11) is 1.47. The molecule has 9 heteroatoms. The number of hydrogen-bond acceptors (Lipinski definition) is 7. The van der Waals surface area contributed by atoms with Crippen molar-refractivity contribution < 1.29 is 33.3 Å². The fourth-order valence-corrected chi connectivity index (χ4v) is 1.78. The molecular weight excluding hydrogens is 354 g/mol. The second-order valence-corrected chi connectivity index (χ2v) is 5.28. The predicted octanol–water partition coefficient (Wildman–Crippen LogP) is 0.404. The molecule has 0 atom stereocenters. The number of hydrogen-bond donors (Lipinski definition) is 1. The van der Waals surface area contributed by atoms with Crippen molar-refractivity contribution in [2.24, 2.45) is 0 Å². The van der Waals surface area contributed by atoms with E-state index in [4.69, 9.17) is 30.5 Å². The van der Waals surface area contributed by atoms with Gasteiger partial charge in [-0.15, -0.1) is 11.6 Å². The summed E-state index contributed by atoms with van der Waals surface area (Å²) in [6.45, 7) is 4.36. The smallest absolute Gasteiger partial charge is 0.246 e. The van der Waals surface area contributed by atoms with Crippen LogP contribution in [0.4, 0.5) is 0 Å². The van der Waals surface area contributed by atoms with Gasteiger partial charge in [-0.3, -0.25) is 9.59 Å². The summed E-state index contributed by atoms with van der Waals surface area (Å²) in [5.41, 5.74) is 0. The minimum atomic E-state index is -0.160. The fraction of sp³-hybridized carbons (Fsp3) is 0.875. The quantitative estimate of drug-likeness (QED) is 0.255. The average Bonchev–Trinajstić information content (AvgIpc) is 2.61. The Kier molecular flexibility index (Phi) is 19.0. The Balaban J connectivity index is 3.07. The third kappa shape index (κ3) is 19.4. The highest BCUT2D eigenvalue weighted by Crippen LogP contribution is 1.94. The summed E-state index contributed by atoms with van der Waals surface area (Å²) in [5.74, 6) is -0.0512. The van der Waals surface area contributed by atoms with Crippen molar-refractivity contribution in [3.05, 3.63) is 0 Å². The first-order valence-electron chi connectivity index (χ1n) is 8.35. The summed E-state index contributed by atoms with van der Waals surface area (Å²) >= 11 is 5.39. The molecule has 0 saturated carbocycles. The van der Waals surface area contributed by atoms with Crippen LogP contribution in [0.15, 0.2) is 0 Å². The van der Waals surface area contributed by atoms with E-state index in [-0.39, 0.29) is 24.2 Å². The first-order valence-corrected chi connectivity index (χ1v) is 8.88. The van der Waals surface area contributed by atoms with Crippen LogP contribution in [-0.2, 0) is 33.3 Å². The zero-order valence-corrected chi connectivity index (χ0v) is 15.7. The Labute approximate surface area is 154 Å². The van der Waals surface area contributed by atoms with Crippen LogP contribution in [-0.4, -0.2) is 90.7 Å². The molecule has 0 fully saturated rings. The van der Waals surface area contributed by atoms with Crippen LogP contribution in [0.3, 0.4) is 0 Å². The SMILES string of the molecule is COCC(=O)NCCOCCOCCOCCOCCCC(=O)CCl. The Bertz CT molecular complexity index is 332. The number of rotatable bonds is 19. The van der Waals surface area contributed by atoms with Gasteiger partial charge in [-0.25, -0.2) is 0 Å². The molecule has 1 amide bonds. The number of ether oxygens (including phenoxy) is 5. The number of ketones is 1. The molecule has 0 aromatic rings. The molecule has 8 nitrogen and oxygen atoms in total. The highest BCUT2D eigenvalue weighted by atomic mass is 35.5. The minimum absolute atomic E-state index is 0.0403. The van der Waals surface area contributed by atoms with Gasteiger partial charge in [0.1, 0.15) is 12.4 Å². The number of carbonyl (C=O) groups excluding carboxylic acids is 2. The lowest BCUT2D eigenvalue weighted by Gasteiger charge is -2.08. The Hall–Kier alpha value is -0.770.